The monoisotopic (exact) mass is 287 g/mol. The molecule has 2 aromatic carbocycles. The largest absolute Gasteiger partial charge is 0.295 e. The van der Waals surface area contributed by atoms with E-state index in [2.05, 4.69) is 57.5 Å². The third kappa shape index (κ3) is 1.97. The van der Waals surface area contributed by atoms with Crippen molar-refractivity contribution < 1.29 is 4.79 Å². The molecule has 1 radical (unpaired) electrons. The molecule has 0 saturated carbocycles. The lowest BCUT2D eigenvalue weighted by Gasteiger charge is -2.35. The molecule has 4 rings (SSSR count). The summed E-state index contributed by atoms with van der Waals surface area (Å²) in [6.45, 7) is 4.44. The Morgan fingerprint density at radius 1 is 1.09 bits per heavy atom. The van der Waals surface area contributed by atoms with E-state index in [1.54, 1.807) is 0 Å². The molecule has 2 aliphatic rings. The minimum Gasteiger partial charge on any atom is -0.295 e. The third-order valence-electron chi connectivity index (χ3n) is 5.13. The predicted octanol–water partition coefficient (Wildman–Crippen LogP) is 4.13. The van der Waals surface area contributed by atoms with E-state index in [1.165, 1.54) is 27.4 Å². The molecule has 1 atom stereocenters. The molecule has 0 amide bonds. The lowest BCUT2D eigenvalue weighted by molar-refractivity contribution is -0.116. The van der Waals surface area contributed by atoms with Crippen LogP contribution >= 0.6 is 0 Å². The summed E-state index contributed by atoms with van der Waals surface area (Å²) in [5, 5.41) is 2.56. The van der Waals surface area contributed by atoms with Gasteiger partial charge < -0.3 is 0 Å². The van der Waals surface area contributed by atoms with Gasteiger partial charge in [-0.25, -0.2) is 0 Å². The number of allylic oxidation sites excluding steroid dienone is 2. The molecule has 1 aliphatic carbocycles. The van der Waals surface area contributed by atoms with E-state index < -0.39 is 0 Å². The summed E-state index contributed by atoms with van der Waals surface area (Å²) in [6, 6.07) is 13.0. The van der Waals surface area contributed by atoms with Crippen molar-refractivity contribution in [3.8, 4) is 0 Å². The van der Waals surface area contributed by atoms with E-state index in [1.807, 2.05) is 0 Å². The van der Waals surface area contributed by atoms with Gasteiger partial charge in [0.2, 0.25) is 0 Å². The molecule has 2 heteroatoms. The topological polar surface area (TPSA) is 17.1 Å². The minimum absolute atomic E-state index is 0.275. The minimum atomic E-state index is 0.275. The standard InChI is InChI=1S/C20H20BO/c1-12(2)20-19-15(8-5-9-17(19)22)18-14-7-4-3-6-13(14)10-11-16(18)21-20/h3-4,6-7,10-12,20H,5,8-9H2,1-2H3. The molecule has 0 N–H and O–H groups in total. The molecule has 1 nitrogen and oxygen atoms in total. The molecule has 0 bridgehead atoms. The Bertz CT molecular complexity index is 800. The van der Waals surface area contributed by atoms with Crippen molar-refractivity contribution >= 4 is 34.9 Å². The fraction of sp³-hybridized carbons (Fsp3) is 0.350. The Labute approximate surface area is 132 Å². The summed E-state index contributed by atoms with van der Waals surface area (Å²) >= 11 is 0. The lowest BCUT2D eigenvalue weighted by Crippen LogP contribution is -2.35. The van der Waals surface area contributed by atoms with Gasteiger partial charge in [0.25, 0.3) is 0 Å². The van der Waals surface area contributed by atoms with Crippen molar-refractivity contribution in [3.05, 3.63) is 47.5 Å². The number of fused-ring (bicyclic) bond motifs is 4. The van der Waals surface area contributed by atoms with Gasteiger partial charge >= 0.3 is 0 Å². The Hall–Kier alpha value is -1.83. The highest BCUT2D eigenvalue weighted by molar-refractivity contribution is 6.60. The lowest BCUT2D eigenvalue weighted by atomic mass is 9.46. The number of hydrogen-bond acceptors (Lipinski definition) is 1. The maximum absolute atomic E-state index is 12.6. The molecule has 22 heavy (non-hydrogen) atoms. The van der Waals surface area contributed by atoms with E-state index in [0.717, 1.165) is 24.8 Å². The van der Waals surface area contributed by atoms with Crippen molar-refractivity contribution in [1.82, 2.24) is 0 Å². The Kier molecular flexibility index (Phi) is 3.21. The van der Waals surface area contributed by atoms with E-state index in [-0.39, 0.29) is 5.82 Å². The number of hydrogen-bond donors (Lipinski definition) is 0. The van der Waals surface area contributed by atoms with Crippen LogP contribution in [0.5, 0.6) is 0 Å². The molecule has 1 unspecified atom stereocenters. The smallest absolute Gasteiger partial charge is 0.161 e. The SMILES string of the molecule is CC(C)C1[B]c2ccc3ccccc3c2C2=C1C(=O)CCC2. The van der Waals surface area contributed by atoms with E-state index in [9.17, 15) is 4.79 Å². The number of benzene rings is 2. The average Bonchev–Trinajstić information content (AvgIpc) is 2.53. The summed E-state index contributed by atoms with van der Waals surface area (Å²) in [6.07, 6.45) is 2.75. The molecule has 1 heterocycles. The first-order valence-corrected chi connectivity index (χ1v) is 8.30. The Balaban J connectivity index is 2.04. The zero-order chi connectivity index (χ0) is 15.3. The number of carbonyl (C=O) groups is 1. The fourth-order valence-electron chi connectivity index (χ4n) is 4.08. The zero-order valence-corrected chi connectivity index (χ0v) is 13.2. The first-order valence-electron chi connectivity index (χ1n) is 8.30. The zero-order valence-electron chi connectivity index (χ0n) is 13.2. The number of rotatable bonds is 1. The van der Waals surface area contributed by atoms with Crippen LogP contribution in [-0.2, 0) is 4.79 Å². The van der Waals surface area contributed by atoms with Gasteiger partial charge in [0.15, 0.2) is 13.1 Å². The second-order valence-electron chi connectivity index (χ2n) is 6.86. The highest BCUT2D eigenvalue weighted by Gasteiger charge is 2.35. The molecule has 2 aromatic rings. The number of carbonyl (C=O) groups excluding carboxylic acids is 1. The van der Waals surface area contributed by atoms with Crippen LogP contribution in [0.15, 0.2) is 42.0 Å². The van der Waals surface area contributed by atoms with Crippen LogP contribution in [0.2, 0.25) is 5.82 Å². The van der Waals surface area contributed by atoms with Gasteiger partial charge in [0.1, 0.15) is 0 Å². The van der Waals surface area contributed by atoms with Crippen molar-refractivity contribution in [1.29, 1.82) is 0 Å². The van der Waals surface area contributed by atoms with Gasteiger partial charge in [-0.1, -0.05) is 55.7 Å². The van der Waals surface area contributed by atoms with Gasteiger partial charge in [-0.05, 0) is 52.1 Å². The Morgan fingerprint density at radius 2 is 1.91 bits per heavy atom. The highest BCUT2D eigenvalue weighted by atomic mass is 16.1. The van der Waals surface area contributed by atoms with Crippen LogP contribution in [0.4, 0.5) is 0 Å². The first-order chi connectivity index (χ1) is 10.7. The second kappa shape index (κ2) is 5.12. The molecule has 1 aliphatic heterocycles. The quantitative estimate of drug-likeness (QED) is 0.721. The number of Topliss-reactive ketones (excluding diaryl/α,β-unsaturated/α-hetero) is 1. The summed E-state index contributed by atoms with van der Waals surface area (Å²) in [5.41, 5.74) is 5.05. The molecule has 0 spiro atoms. The van der Waals surface area contributed by atoms with Crippen molar-refractivity contribution in [2.24, 2.45) is 5.92 Å². The van der Waals surface area contributed by atoms with Crippen LogP contribution in [-0.4, -0.2) is 13.1 Å². The summed E-state index contributed by atoms with van der Waals surface area (Å²) in [4.78, 5) is 12.6. The van der Waals surface area contributed by atoms with Crippen molar-refractivity contribution in [3.63, 3.8) is 0 Å². The highest BCUT2D eigenvalue weighted by Crippen LogP contribution is 2.43. The van der Waals surface area contributed by atoms with Gasteiger partial charge in [-0.3, -0.25) is 4.79 Å². The first kappa shape index (κ1) is 13.8. The van der Waals surface area contributed by atoms with E-state index >= 15 is 0 Å². The van der Waals surface area contributed by atoms with Crippen LogP contribution in [0.25, 0.3) is 16.3 Å². The predicted molar refractivity (Wildman–Crippen MR) is 93.7 cm³/mol. The average molecular weight is 287 g/mol. The van der Waals surface area contributed by atoms with Crippen molar-refractivity contribution in [2.45, 2.75) is 38.9 Å². The molecule has 0 saturated heterocycles. The van der Waals surface area contributed by atoms with Crippen molar-refractivity contribution in [2.75, 3.05) is 0 Å². The molecule has 0 fully saturated rings. The number of ketones is 1. The van der Waals surface area contributed by atoms with E-state index in [4.69, 9.17) is 0 Å². The molecule has 109 valence electrons. The van der Waals surface area contributed by atoms with Crippen LogP contribution in [0, 0.1) is 5.92 Å². The van der Waals surface area contributed by atoms with E-state index in [0.29, 0.717) is 11.7 Å². The fourth-order valence-corrected chi connectivity index (χ4v) is 4.08. The van der Waals surface area contributed by atoms with Gasteiger partial charge in [-0.15, -0.1) is 0 Å². The van der Waals surface area contributed by atoms with Crippen LogP contribution in [0.1, 0.15) is 38.7 Å². The molecular formula is C20H20BO. The van der Waals surface area contributed by atoms with Gasteiger partial charge in [-0.2, -0.15) is 0 Å². The maximum Gasteiger partial charge on any atom is 0.161 e. The molecule has 0 aromatic heterocycles. The normalized spacial score (nSPS) is 20.9. The molecular weight excluding hydrogens is 267 g/mol. The summed E-state index contributed by atoms with van der Waals surface area (Å²) < 4.78 is 0. The third-order valence-corrected chi connectivity index (χ3v) is 5.13. The van der Waals surface area contributed by atoms with Crippen LogP contribution in [0.3, 0.4) is 0 Å². The Morgan fingerprint density at radius 3 is 2.73 bits per heavy atom. The van der Waals surface area contributed by atoms with Gasteiger partial charge in [0, 0.05) is 6.42 Å². The maximum atomic E-state index is 12.6. The second-order valence-corrected chi connectivity index (χ2v) is 6.86. The summed E-state index contributed by atoms with van der Waals surface area (Å²) in [5.74, 6) is 1.11. The van der Waals surface area contributed by atoms with Gasteiger partial charge in [0.05, 0.1) is 0 Å². The van der Waals surface area contributed by atoms with Crippen LogP contribution < -0.4 is 5.46 Å². The summed E-state index contributed by atoms with van der Waals surface area (Å²) in [7, 11) is 2.33.